The molecule has 32 heavy (non-hydrogen) atoms. The molecule has 2 saturated carbocycles. The monoisotopic (exact) mass is 428 g/mol. The van der Waals surface area contributed by atoms with Crippen molar-refractivity contribution in [2.24, 2.45) is 34.5 Å². The van der Waals surface area contributed by atoms with Gasteiger partial charge in [-0.25, -0.2) is 0 Å². The van der Waals surface area contributed by atoms with Gasteiger partial charge in [0.25, 0.3) is 0 Å². The first kappa shape index (κ1) is 20.9. The van der Waals surface area contributed by atoms with E-state index in [0.29, 0.717) is 46.3 Å². The van der Waals surface area contributed by atoms with E-state index in [4.69, 9.17) is 9.97 Å². The SMILES string of the molecule is CC(C)[C@H]1c2nc(-c3ccc4c(n3)[C@H](C(C)C)[C@@H]3C[C@H]4C3(C)C)ccc2[C@H]2C[C@@H]1C2(C)C. The molecular weight excluding hydrogens is 388 g/mol. The van der Waals surface area contributed by atoms with Crippen LogP contribution in [0.3, 0.4) is 0 Å². The summed E-state index contributed by atoms with van der Waals surface area (Å²) in [4.78, 5) is 10.7. The van der Waals surface area contributed by atoms with E-state index in [2.05, 4.69) is 79.7 Å². The number of hydrogen-bond acceptors (Lipinski definition) is 2. The van der Waals surface area contributed by atoms with E-state index in [-0.39, 0.29) is 0 Å². The van der Waals surface area contributed by atoms with Gasteiger partial charge in [0.05, 0.1) is 11.4 Å². The van der Waals surface area contributed by atoms with Crippen molar-refractivity contribution in [3.63, 3.8) is 0 Å². The molecular formula is C30H40N2. The number of pyridine rings is 2. The van der Waals surface area contributed by atoms with Gasteiger partial charge in [-0.1, -0.05) is 67.5 Å². The maximum atomic E-state index is 5.35. The maximum absolute atomic E-state index is 5.35. The Bertz CT molecular complexity index is 1000. The Hall–Kier alpha value is -1.70. The van der Waals surface area contributed by atoms with Crippen LogP contribution in [0, 0.1) is 34.5 Å². The molecule has 8 rings (SSSR count). The zero-order valence-corrected chi connectivity index (χ0v) is 21.2. The number of rotatable bonds is 3. The van der Waals surface area contributed by atoms with Crippen molar-refractivity contribution in [3.05, 3.63) is 46.8 Å². The average Bonchev–Trinajstić information content (AvgIpc) is 2.75. The normalized spacial score (nSPS) is 35.1. The fourth-order valence-corrected chi connectivity index (χ4v) is 8.51. The number of aromatic nitrogens is 2. The fraction of sp³-hybridized carbons (Fsp3) is 0.667. The zero-order chi connectivity index (χ0) is 22.7. The van der Waals surface area contributed by atoms with Crippen LogP contribution in [0.1, 0.15) is 114 Å². The largest absolute Gasteiger partial charge is 0.251 e. The summed E-state index contributed by atoms with van der Waals surface area (Å²) >= 11 is 0. The van der Waals surface area contributed by atoms with E-state index < -0.39 is 0 Å². The van der Waals surface area contributed by atoms with Crippen LogP contribution >= 0.6 is 0 Å². The minimum atomic E-state index is 0.410. The Morgan fingerprint density at radius 3 is 1.34 bits per heavy atom. The minimum Gasteiger partial charge on any atom is -0.251 e. The molecule has 0 aliphatic heterocycles. The molecule has 0 aromatic carbocycles. The van der Waals surface area contributed by atoms with Crippen LogP contribution in [-0.4, -0.2) is 9.97 Å². The lowest BCUT2D eigenvalue weighted by atomic mass is 9.43. The summed E-state index contributed by atoms with van der Waals surface area (Å²) < 4.78 is 0. The highest BCUT2D eigenvalue weighted by Gasteiger charge is 2.59. The average molecular weight is 429 g/mol. The van der Waals surface area contributed by atoms with Crippen molar-refractivity contribution in [2.45, 2.75) is 91.9 Å². The Balaban J connectivity index is 1.44. The molecule has 0 N–H and O–H groups in total. The van der Waals surface area contributed by atoms with E-state index >= 15 is 0 Å². The van der Waals surface area contributed by atoms with Gasteiger partial charge in [-0.3, -0.25) is 9.97 Å². The first-order chi connectivity index (χ1) is 15.0. The van der Waals surface area contributed by atoms with Gasteiger partial charge in [-0.15, -0.1) is 0 Å². The van der Waals surface area contributed by atoms with E-state index in [1.165, 1.54) is 35.4 Å². The van der Waals surface area contributed by atoms with Gasteiger partial charge in [0.15, 0.2) is 0 Å². The van der Waals surface area contributed by atoms with Crippen LogP contribution in [0.15, 0.2) is 24.3 Å². The van der Waals surface area contributed by atoms with Crippen molar-refractivity contribution >= 4 is 0 Å². The number of nitrogens with zero attached hydrogens (tertiary/aromatic N) is 2. The quantitative estimate of drug-likeness (QED) is 0.496. The van der Waals surface area contributed by atoms with Crippen LogP contribution in [0.5, 0.6) is 0 Å². The first-order valence-electron chi connectivity index (χ1n) is 13.1. The van der Waals surface area contributed by atoms with Crippen molar-refractivity contribution in [2.75, 3.05) is 0 Å². The molecule has 2 heterocycles. The van der Waals surface area contributed by atoms with Gasteiger partial charge >= 0.3 is 0 Å². The summed E-state index contributed by atoms with van der Waals surface area (Å²) in [6.07, 6.45) is 2.69. The molecule has 2 nitrogen and oxygen atoms in total. The molecule has 2 heteroatoms. The van der Waals surface area contributed by atoms with Crippen molar-refractivity contribution in [1.82, 2.24) is 9.97 Å². The molecule has 0 unspecified atom stereocenters. The molecule has 0 amide bonds. The van der Waals surface area contributed by atoms with Crippen LogP contribution < -0.4 is 0 Å². The second-order valence-electron chi connectivity index (χ2n) is 13.3. The molecule has 4 bridgehead atoms. The summed E-state index contributed by atoms with van der Waals surface area (Å²) in [6, 6.07) is 9.32. The van der Waals surface area contributed by atoms with E-state index in [1.54, 1.807) is 0 Å². The molecule has 6 aliphatic rings. The smallest absolute Gasteiger partial charge is 0.0889 e. The lowest BCUT2D eigenvalue weighted by Crippen LogP contribution is -2.52. The lowest BCUT2D eigenvalue weighted by molar-refractivity contribution is -0.0200. The van der Waals surface area contributed by atoms with Crippen LogP contribution in [0.25, 0.3) is 11.4 Å². The van der Waals surface area contributed by atoms with Gasteiger partial charge in [-0.2, -0.15) is 0 Å². The Kier molecular flexibility index (Phi) is 4.21. The molecule has 170 valence electrons. The third-order valence-corrected chi connectivity index (χ3v) is 10.5. The van der Waals surface area contributed by atoms with E-state index in [9.17, 15) is 0 Å². The Morgan fingerprint density at radius 2 is 1.03 bits per heavy atom. The topological polar surface area (TPSA) is 25.8 Å². The summed E-state index contributed by atoms with van der Waals surface area (Å²) in [5, 5.41) is 0. The van der Waals surface area contributed by atoms with Crippen LogP contribution in [-0.2, 0) is 0 Å². The summed E-state index contributed by atoms with van der Waals surface area (Å²) in [5.41, 5.74) is 8.77. The summed E-state index contributed by atoms with van der Waals surface area (Å²) in [7, 11) is 0. The maximum Gasteiger partial charge on any atom is 0.0889 e. The molecule has 0 saturated heterocycles. The Morgan fingerprint density at radius 1 is 0.656 bits per heavy atom. The van der Waals surface area contributed by atoms with Crippen molar-refractivity contribution in [1.29, 1.82) is 0 Å². The second-order valence-corrected chi connectivity index (χ2v) is 13.3. The first-order valence-corrected chi connectivity index (χ1v) is 13.1. The molecule has 6 aliphatic carbocycles. The van der Waals surface area contributed by atoms with Gasteiger partial charge < -0.3 is 0 Å². The standard InChI is InChI=1S/C30H40N2/c1-15(2)25-21-13-19(29(21,5)6)17-9-11-23(31-27(17)25)24-12-10-18-20-14-22(30(20,7)8)26(16(3)4)28(18)32-24/h9-12,15-16,19-22,25-26H,13-14H2,1-8H3/t19-,20-,21+,22+,25-,26-/m1/s1. The Labute approximate surface area is 194 Å². The third kappa shape index (κ3) is 2.48. The van der Waals surface area contributed by atoms with Gasteiger partial charge in [0, 0.05) is 23.2 Å². The lowest BCUT2D eigenvalue weighted by Gasteiger charge is -2.61. The van der Waals surface area contributed by atoms with E-state index in [0.717, 1.165) is 23.2 Å². The fourth-order valence-electron chi connectivity index (χ4n) is 8.51. The molecule has 2 fully saturated rings. The second kappa shape index (κ2) is 6.45. The predicted octanol–water partition coefficient (Wildman–Crippen LogP) is 7.91. The summed E-state index contributed by atoms with van der Waals surface area (Å²) in [6.45, 7) is 19.4. The molecule has 0 spiro atoms. The van der Waals surface area contributed by atoms with Crippen molar-refractivity contribution in [3.8, 4) is 11.4 Å². The highest BCUT2D eigenvalue weighted by Crippen LogP contribution is 2.68. The molecule has 6 atom stereocenters. The molecule has 2 aromatic rings. The molecule has 2 aromatic heterocycles. The highest BCUT2D eigenvalue weighted by atomic mass is 14.8. The highest BCUT2D eigenvalue weighted by molar-refractivity contribution is 5.59. The van der Waals surface area contributed by atoms with Gasteiger partial charge in [0.1, 0.15) is 0 Å². The van der Waals surface area contributed by atoms with Crippen LogP contribution in [0.4, 0.5) is 0 Å². The van der Waals surface area contributed by atoms with Crippen molar-refractivity contribution < 1.29 is 0 Å². The zero-order valence-electron chi connectivity index (χ0n) is 21.2. The minimum absolute atomic E-state index is 0.410. The van der Waals surface area contributed by atoms with E-state index in [1.807, 2.05) is 0 Å². The number of hydrogen-bond donors (Lipinski definition) is 0. The van der Waals surface area contributed by atoms with Gasteiger partial charge in [0.2, 0.25) is 0 Å². The predicted molar refractivity (Wildman–Crippen MR) is 132 cm³/mol. The summed E-state index contributed by atoms with van der Waals surface area (Å²) in [5.74, 6) is 5.26. The third-order valence-electron chi connectivity index (χ3n) is 10.5. The molecule has 0 radical (unpaired) electrons. The van der Waals surface area contributed by atoms with Gasteiger partial charge in [-0.05, 0) is 82.4 Å². The van der Waals surface area contributed by atoms with Crippen LogP contribution in [0.2, 0.25) is 0 Å².